The maximum Gasteiger partial charge on any atom is 0.442 e. The van der Waals surface area contributed by atoms with Crippen LogP contribution in [0.2, 0.25) is 0 Å². The summed E-state index contributed by atoms with van der Waals surface area (Å²) in [6, 6.07) is 0. The molecule has 1 heterocycles. The summed E-state index contributed by atoms with van der Waals surface area (Å²) in [6.45, 7) is 0. The van der Waals surface area contributed by atoms with Crippen LogP contribution in [-0.2, 0) is 19.7 Å². The monoisotopic (exact) mass is 440 g/mol. The zero-order chi connectivity index (χ0) is 21.1. The summed E-state index contributed by atoms with van der Waals surface area (Å²) in [5.74, 6) is -32.4. The molecule has 18 heteroatoms. The number of hydrogen-bond acceptors (Lipinski definition) is 4. The molecule has 1 fully saturated rings. The highest BCUT2D eigenvalue weighted by atomic mass is 32.3. The van der Waals surface area contributed by atoms with Gasteiger partial charge in [-0.3, -0.25) is 0 Å². The van der Waals surface area contributed by atoms with Crippen LogP contribution in [0.4, 0.5) is 56.6 Å². The van der Waals surface area contributed by atoms with E-state index in [1.54, 1.807) is 0 Å². The van der Waals surface area contributed by atoms with Gasteiger partial charge in [-0.25, -0.2) is 0 Å². The van der Waals surface area contributed by atoms with E-state index in [1.165, 1.54) is 0 Å². The average Bonchev–Trinajstić information content (AvgIpc) is 2.74. The lowest BCUT2D eigenvalue weighted by molar-refractivity contribution is -0.407. The van der Waals surface area contributed by atoms with Gasteiger partial charge in [0.15, 0.2) is 0 Å². The summed E-state index contributed by atoms with van der Waals surface area (Å²) >= 11 is 0. The second-order valence-electron chi connectivity index (χ2n) is 4.41. The molecule has 154 valence electrons. The van der Waals surface area contributed by atoms with Crippen molar-refractivity contribution < 1.29 is 74.5 Å². The van der Waals surface area contributed by atoms with Crippen LogP contribution < -0.4 is 0 Å². The van der Waals surface area contributed by atoms with Crippen LogP contribution in [0, 0.1) is 0 Å². The summed E-state index contributed by atoms with van der Waals surface area (Å²) in [4.78, 5) is 0. The molecule has 0 spiro atoms. The van der Waals surface area contributed by atoms with E-state index < -0.39 is 57.5 Å². The van der Waals surface area contributed by atoms with E-state index in [1.807, 2.05) is 0 Å². The maximum absolute atomic E-state index is 13.7. The third-order valence-corrected chi connectivity index (χ3v) is 3.66. The molecule has 0 amide bonds. The van der Waals surface area contributed by atoms with Crippen LogP contribution >= 0.6 is 0 Å². The van der Waals surface area contributed by atoms with Gasteiger partial charge in [0.05, 0.1) is 0 Å². The Hall–Kier alpha value is -1.62. The number of ether oxygens (including phenoxy) is 2. The molecule has 26 heavy (non-hydrogen) atoms. The molecular weight excluding hydrogens is 439 g/mol. The largest absolute Gasteiger partial charge is 0.442 e. The molecule has 0 aliphatic carbocycles. The number of rotatable bonds is 5. The first kappa shape index (κ1) is 22.4. The Kier molecular flexibility index (Phi) is 4.90. The SMILES string of the molecule is O=S(=O)(F)C(F)(F)C(F)(F)C(F)(F)C(F)(F)C1(F)OC(=C(F)F)OC1F. The highest BCUT2D eigenvalue weighted by Gasteiger charge is 2.91. The van der Waals surface area contributed by atoms with Crippen LogP contribution in [0.5, 0.6) is 0 Å². The summed E-state index contributed by atoms with van der Waals surface area (Å²) in [7, 11) is -8.00. The van der Waals surface area contributed by atoms with E-state index in [0.717, 1.165) is 0 Å². The minimum absolute atomic E-state index is 2.68. The van der Waals surface area contributed by atoms with Gasteiger partial charge in [0.1, 0.15) is 0 Å². The van der Waals surface area contributed by atoms with E-state index >= 15 is 0 Å². The fourth-order valence-corrected chi connectivity index (χ4v) is 1.85. The van der Waals surface area contributed by atoms with Gasteiger partial charge in [0, 0.05) is 0 Å². The van der Waals surface area contributed by atoms with Gasteiger partial charge in [-0.1, -0.05) is 3.89 Å². The zero-order valence-corrected chi connectivity index (χ0v) is 11.8. The van der Waals surface area contributed by atoms with Crippen LogP contribution in [0.15, 0.2) is 12.0 Å². The summed E-state index contributed by atoms with van der Waals surface area (Å²) in [5, 5.41) is -7.57. The van der Waals surface area contributed by atoms with Crippen molar-refractivity contribution in [2.24, 2.45) is 0 Å². The molecule has 0 radical (unpaired) electrons. The minimum atomic E-state index is -8.00. The Morgan fingerprint density at radius 1 is 0.962 bits per heavy atom. The van der Waals surface area contributed by atoms with Crippen molar-refractivity contribution in [2.45, 2.75) is 35.2 Å². The normalized spacial score (nSPS) is 25.7. The minimum Gasteiger partial charge on any atom is -0.419 e. The second kappa shape index (κ2) is 5.69. The van der Waals surface area contributed by atoms with Gasteiger partial charge in [-0.05, 0) is 0 Å². The topological polar surface area (TPSA) is 52.6 Å². The third kappa shape index (κ3) is 2.63. The molecule has 2 unspecified atom stereocenters. The van der Waals surface area contributed by atoms with Crippen molar-refractivity contribution in [2.75, 3.05) is 0 Å². The quantitative estimate of drug-likeness (QED) is 0.482. The van der Waals surface area contributed by atoms with E-state index in [4.69, 9.17) is 0 Å². The van der Waals surface area contributed by atoms with Crippen molar-refractivity contribution in [1.82, 2.24) is 0 Å². The smallest absolute Gasteiger partial charge is 0.419 e. The Morgan fingerprint density at radius 3 is 1.69 bits per heavy atom. The van der Waals surface area contributed by atoms with Crippen molar-refractivity contribution in [1.29, 1.82) is 0 Å². The maximum atomic E-state index is 13.7. The van der Waals surface area contributed by atoms with Crippen LogP contribution in [0.3, 0.4) is 0 Å². The molecule has 4 nitrogen and oxygen atoms in total. The predicted octanol–water partition coefficient (Wildman–Crippen LogP) is 3.86. The Bertz CT molecular complexity index is 712. The van der Waals surface area contributed by atoms with Gasteiger partial charge in [-0.15, -0.1) is 0 Å². The fraction of sp³-hybridized carbons (Fsp3) is 0.750. The zero-order valence-electron chi connectivity index (χ0n) is 11.0. The van der Waals surface area contributed by atoms with Gasteiger partial charge in [0.2, 0.25) is 0 Å². The van der Waals surface area contributed by atoms with Gasteiger partial charge >= 0.3 is 57.5 Å². The molecule has 2 atom stereocenters. The first-order valence-electron chi connectivity index (χ1n) is 5.38. The van der Waals surface area contributed by atoms with Crippen molar-refractivity contribution in [3.05, 3.63) is 12.0 Å². The van der Waals surface area contributed by atoms with E-state index in [2.05, 4.69) is 9.47 Å². The second-order valence-corrected chi connectivity index (χ2v) is 5.80. The number of hydrogen-bond donors (Lipinski definition) is 0. The van der Waals surface area contributed by atoms with Crippen molar-refractivity contribution >= 4 is 10.2 Å². The first-order valence-corrected chi connectivity index (χ1v) is 6.76. The highest BCUT2D eigenvalue weighted by molar-refractivity contribution is 7.87. The molecule has 0 aromatic heterocycles. The number of alkyl halides is 10. The molecule has 1 rings (SSSR count). The molecule has 0 saturated carbocycles. The molecule has 0 bridgehead atoms. The van der Waals surface area contributed by atoms with Crippen molar-refractivity contribution in [3.63, 3.8) is 0 Å². The third-order valence-electron chi connectivity index (χ3n) is 2.79. The number of halogens is 13. The Morgan fingerprint density at radius 2 is 1.38 bits per heavy atom. The lowest BCUT2D eigenvalue weighted by atomic mass is 9.97. The molecule has 1 saturated heterocycles. The van der Waals surface area contributed by atoms with Crippen LogP contribution in [0.25, 0.3) is 0 Å². The molecule has 0 aromatic rings. The first-order chi connectivity index (χ1) is 11.2. The lowest BCUT2D eigenvalue weighted by Crippen LogP contribution is -2.70. The molecule has 1 aliphatic rings. The van der Waals surface area contributed by atoms with Gasteiger partial charge < -0.3 is 9.47 Å². The Labute approximate surface area is 133 Å². The summed E-state index contributed by atoms with van der Waals surface area (Å²) in [5.41, 5.74) is 0. The Balaban J connectivity index is 3.58. The van der Waals surface area contributed by atoms with Gasteiger partial charge in [-0.2, -0.15) is 61.1 Å². The summed E-state index contributed by atoms with van der Waals surface area (Å²) in [6.07, 6.45) is -8.14. The molecule has 1 aliphatic heterocycles. The molecule has 0 aromatic carbocycles. The molecular formula is C8HF13O4S. The van der Waals surface area contributed by atoms with E-state index in [-0.39, 0.29) is 0 Å². The van der Waals surface area contributed by atoms with Gasteiger partial charge in [0.25, 0.3) is 0 Å². The summed E-state index contributed by atoms with van der Waals surface area (Å²) < 4.78 is 193. The van der Waals surface area contributed by atoms with Crippen LogP contribution in [-0.4, -0.2) is 43.7 Å². The predicted molar refractivity (Wildman–Crippen MR) is 50.0 cm³/mol. The van der Waals surface area contributed by atoms with E-state index in [0.29, 0.717) is 0 Å². The van der Waals surface area contributed by atoms with Crippen LogP contribution in [0.1, 0.15) is 0 Å². The van der Waals surface area contributed by atoms with Crippen molar-refractivity contribution in [3.8, 4) is 0 Å². The standard InChI is InChI=1S/C8HF13O4S/c9-1(10)2-24-3(11)4(12,25-2)5(13,14)6(15,16)7(17,18)8(19,20)26(21,22)23/h3H. The molecule has 0 N–H and O–H groups in total. The highest BCUT2D eigenvalue weighted by Crippen LogP contribution is 2.60. The lowest BCUT2D eigenvalue weighted by Gasteiger charge is -2.38. The average molecular weight is 440 g/mol. The fourth-order valence-electron chi connectivity index (χ4n) is 1.41. The van der Waals surface area contributed by atoms with E-state index in [9.17, 15) is 65.0 Å².